The van der Waals surface area contributed by atoms with Gasteiger partial charge in [0.1, 0.15) is 11.8 Å². The number of hydrogen-bond donors (Lipinski definition) is 1. The number of carbonyl (C=O) groups is 2. The van der Waals surface area contributed by atoms with Crippen LogP contribution in [0.5, 0.6) is 5.75 Å². The third-order valence-electron chi connectivity index (χ3n) is 7.00. The Balaban J connectivity index is 1.93. The van der Waals surface area contributed by atoms with Crippen LogP contribution >= 0.6 is 23.2 Å². The molecular weight excluding hydrogens is 609 g/mol. The van der Waals surface area contributed by atoms with Crippen molar-refractivity contribution in [1.29, 1.82) is 0 Å². The summed E-state index contributed by atoms with van der Waals surface area (Å²) in [5.41, 5.74) is 1.81. The van der Waals surface area contributed by atoms with Crippen LogP contribution in [-0.4, -0.2) is 57.6 Å². The van der Waals surface area contributed by atoms with Crippen molar-refractivity contribution in [3.63, 3.8) is 0 Å². The molecular formula is C32H39Cl2N3O5S. The van der Waals surface area contributed by atoms with E-state index in [1.54, 1.807) is 42.5 Å². The van der Waals surface area contributed by atoms with Crippen LogP contribution in [0.2, 0.25) is 10.0 Å². The number of methoxy groups -OCH3 is 1. The Labute approximate surface area is 265 Å². The fourth-order valence-corrected chi connectivity index (χ4v) is 6.22. The number of amides is 2. The summed E-state index contributed by atoms with van der Waals surface area (Å²) in [4.78, 5) is 29.1. The fourth-order valence-electron chi connectivity index (χ4n) is 4.73. The normalized spacial score (nSPS) is 11.9. The van der Waals surface area contributed by atoms with Crippen LogP contribution in [0.25, 0.3) is 0 Å². The number of benzene rings is 3. The molecule has 0 heterocycles. The van der Waals surface area contributed by atoms with Crippen molar-refractivity contribution in [2.45, 2.75) is 51.6 Å². The number of para-hydroxylation sites is 2. The van der Waals surface area contributed by atoms with E-state index >= 15 is 0 Å². The molecule has 2 amide bonds. The van der Waals surface area contributed by atoms with Gasteiger partial charge in [-0.1, -0.05) is 85.1 Å². The molecule has 0 aliphatic carbocycles. The first-order chi connectivity index (χ1) is 20.6. The van der Waals surface area contributed by atoms with Gasteiger partial charge in [-0.25, -0.2) is 8.42 Å². The Morgan fingerprint density at radius 3 is 2.21 bits per heavy atom. The molecule has 0 aliphatic heterocycles. The van der Waals surface area contributed by atoms with Crippen molar-refractivity contribution in [3.05, 3.63) is 94.0 Å². The van der Waals surface area contributed by atoms with Crippen LogP contribution in [0, 0.1) is 0 Å². The van der Waals surface area contributed by atoms with Gasteiger partial charge in [0, 0.05) is 48.1 Å². The molecule has 0 unspecified atom stereocenters. The summed E-state index contributed by atoms with van der Waals surface area (Å²) in [5, 5.41) is 3.75. The van der Waals surface area contributed by atoms with E-state index in [1.807, 2.05) is 37.3 Å². The SMILES string of the molecule is CCCCNC(=O)[C@@H](Cc1ccccc1)N(Cc1c(Cl)cccc1Cl)C(=O)CCCN(c1ccccc1OC)S(C)(=O)=O. The molecule has 3 rings (SSSR count). The first-order valence-electron chi connectivity index (χ1n) is 14.2. The second kappa shape index (κ2) is 16.5. The fraction of sp³-hybridized carbons (Fsp3) is 0.375. The van der Waals surface area contributed by atoms with Crippen LogP contribution in [0.15, 0.2) is 72.8 Å². The van der Waals surface area contributed by atoms with Gasteiger partial charge in [-0.3, -0.25) is 13.9 Å². The molecule has 3 aromatic carbocycles. The zero-order valence-corrected chi connectivity index (χ0v) is 27.1. The van der Waals surface area contributed by atoms with Gasteiger partial charge in [-0.2, -0.15) is 0 Å². The Bertz CT molecular complexity index is 1450. The molecule has 0 aliphatic rings. The lowest BCUT2D eigenvalue weighted by Gasteiger charge is -2.32. The summed E-state index contributed by atoms with van der Waals surface area (Å²) in [5.74, 6) is -0.197. The molecule has 43 heavy (non-hydrogen) atoms. The molecule has 8 nitrogen and oxygen atoms in total. The van der Waals surface area contributed by atoms with Crippen LogP contribution in [-0.2, 0) is 32.6 Å². The van der Waals surface area contributed by atoms with Gasteiger partial charge in [-0.15, -0.1) is 0 Å². The third-order valence-corrected chi connectivity index (χ3v) is 8.88. The Morgan fingerprint density at radius 1 is 0.930 bits per heavy atom. The second-order valence-corrected chi connectivity index (χ2v) is 12.9. The first-order valence-corrected chi connectivity index (χ1v) is 16.8. The standard InChI is InChI=1S/C32H39Cl2N3O5S/c1-4-5-20-35-32(39)29(22-24-13-7-6-8-14-24)36(23-25-26(33)15-11-16-27(25)34)31(38)19-12-21-37(43(3,40)41)28-17-9-10-18-30(28)42-2/h6-11,13-18,29H,4-5,12,19-23H2,1-3H3,(H,35,39)/t29-/m1/s1. The number of hydrogen-bond acceptors (Lipinski definition) is 5. The Kier molecular flexibility index (Phi) is 13.2. The number of ether oxygens (including phenoxy) is 1. The molecule has 0 radical (unpaired) electrons. The van der Waals surface area contributed by atoms with Crippen molar-refractivity contribution < 1.29 is 22.7 Å². The maximum Gasteiger partial charge on any atom is 0.243 e. The summed E-state index contributed by atoms with van der Waals surface area (Å²) >= 11 is 13.0. The summed E-state index contributed by atoms with van der Waals surface area (Å²) in [7, 11) is -2.21. The quantitative estimate of drug-likeness (QED) is 0.189. The van der Waals surface area contributed by atoms with E-state index in [0.29, 0.717) is 33.6 Å². The highest BCUT2D eigenvalue weighted by atomic mass is 35.5. The predicted octanol–water partition coefficient (Wildman–Crippen LogP) is 6.10. The zero-order valence-electron chi connectivity index (χ0n) is 24.8. The highest BCUT2D eigenvalue weighted by molar-refractivity contribution is 7.92. The van der Waals surface area contributed by atoms with Gasteiger partial charge in [0.15, 0.2) is 0 Å². The molecule has 0 fully saturated rings. The number of carbonyl (C=O) groups excluding carboxylic acids is 2. The third kappa shape index (κ3) is 9.88. The molecule has 1 atom stereocenters. The summed E-state index contributed by atoms with van der Waals surface area (Å²) in [6.07, 6.45) is 3.29. The zero-order chi connectivity index (χ0) is 31.4. The van der Waals surface area contributed by atoms with Crippen LogP contribution in [0.3, 0.4) is 0 Å². The van der Waals surface area contributed by atoms with E-state index in [9.17, 15) is 18.0 Å². The van der Waals surface area contributed by atoms with E-state index < -0.39 is 16.1 Å². The lowest BCUT2D eigenvalue weighted by molar-refractivity contribution is -0.141. The predicted molar refractivity (Wildman–Crippen MR) is 173 cm³/mol. The molecule has 3 aromatic rings. The minimum atomic E-state index is -3.68. The number of rotatable bonds is 16. The van der Waals surface area contributed by atoms with Gasteiger partial charge in [-0.05, 0) is 42.7 Å². The number of unbranched alkanes of at least 4 members (excludes halogenated alkanes) is 1. The van der Waals surface area contributed by atoms with E-state index in [4.69, 9.17) is 27.9 Å². The summed E-state index contributed by atoms with van der Waals surface area (Å²) < 4.78 is 32.1. The molecule has 0 saturated heterocycles. The molecule has 0 bridgehead atoms. The molecule has 11 heteroatoms. The number of halogens is 2. The molecule has 0 spiro atoms. The highest BCUT2D eigenvalue weighted by Crippen LogP contribution is 2.30. The average molecular weight is 649 g/mol. The van der Waals surface area contributed by atoms with Crippen LogP contribution in [0.1, 0.15) is 43.7 Å². The van der Waals surface area contributed by atoms with Gasteiger partial charge < -0.3 is 15.0 Å². The van der Waals surface area contributed by atoms with Crippen LogP contribution < -0.4 is 14.4 Å². The Morgan fingerprint density at radius 2 is 1.58 bits per heavy atom. The van der Waals surface area contributed by atoms with Crippen molar-refractivity contribution in [2.24, 2.45) is 0 Å². The van der Waals surface area contributed by atoms with Gasteiger partial charge in [0.25, 0.3) is 0 Å². The molecule has 0 aromatic heterocycles. The number of nitrogens with zero attached hydrogens (tertiary/aromatic N) is 2. The van der Waals surface area contributed by atoms with E-state index in [2.05, 4.69) is 5.32 Å². The average Bonchev–Trinajstić information content (AvgIpc) is 2.98. The number of sulfonamides is 1. The monoisotopic (exact) mass is 647 g/mol. The van der Waals surface area contributed by atoms with Gasteiger partial charge >= 0.3 is 0 Å². The highest BCUT2D eigenvalue weighted by Gasteiger charge is 2.31. The molecule has 0 saturated carbocycles. The van der Waals surface area contributed by atoms with E-state index in [1.165, 1.54) is 16.3 Å². The lowest BCUT2D eigenvalue weighted by atomic mass is 10.0. The number of anilines is 1. The number of nitrogens with one attached hydrogen (secondary N) is 1. The molecule has 232 valence electrons. The smallest absolute Gasteiger partial charge is 0.243 e. The first kappa shape index (κ1) is 34.2. The summed E-state index contributed by atoms with van der Waals surface area (Å²) in [6.45, 7) is 2.57. The minimum absolute atomic E-state index is 0.0122. The van der Waals surface area contributed by atoms with E-state index in [0.717, 1.165) is 24.7 Å². The minimum Gasteiger partial charge on any atom is -0.495 e. The van der Waals surface area contributed by atoms with Gasteiger partial charge in [0.05, 0.1) is 19.1 Å². The summed E-state index contributed by atoms with van der Waals surface area (Å²) in [6, 6.07) is 20.5. The lowest BCUT2D eigenvalue weighted by Crippen LogP contribution is -2.50. The largest absolute Gasteiger partial charge is 0.495 e. The van der Waals surface area contributed by atoms with Gasteiger partial charge in [0.2, 0.25) is 21.8 Å². The maximum atomic E-state index is 14.0. The maximum absolute atomic E-state index is 14.0. The Hall–Kier alpha value is -3.27. The van der Waals surface area contributed by atoms with Crippen molar-refractivity contribution >= 4 is 50.7 Å². The second-order valence-electron chi connectivity index (χ2n) is 10.2. The molecule has 1 N–H and O–H groups in total. The van der Waals surface area contributed by atoms with Crippen LogP contribution in [0.4, 0.5) is 5.69 Å². The van der Waals surface area contributed by atoms with Crippen molar-refractivity contribution in [3.8, 4) is 5.75 Å². The van der Waals surface area contributed by atoms with E-state index in [-0.39, 0.29) is 44.2 Å². The van der Waals surface area contributed by atoms with Crippen molar-refractivity contribution in [2.75, 3.05) is 30.8 Å². The van der Waals surface area contributed by atoms with Crippen molar-refractivity contribution in [1.82, 2.24) is 10.2 Å². The topological polar surface area (TPSA) is 96.0 Å².